The van der Waals surface area contributed by atoms with Crippen molar-refractivity contribution in [3.8, 4) is 0 Å². The smallest absolute Gasteiger partial charge is 0.338 e. The van der Waals surface area contributed by atoms with Gasteiger partial charge in [-0.3, -0.25) is 4.98 Å². The molecule has 1 aliphatic rings. The van der Waals surface area contributed by atoms with E-state index in [1.165, 1.54) is 24.3 Å². The third kappa shape index (κ3) is 4.22. The summed E-state index contributed by atoms with van der Waals surface area (Å²) in [6.45, 7) is 0.301. The lowest BCUT2D eigenvalue weighted by Crippen LogP contribution is -2.49. The molecule has 0 amide bonds. The second kappa shape index (κ2) is 9.24. The first-order chi connectivity index (χ1) is 13.6. The minimum absolute atomic E-state index is 0.256. The molecule has 1 saturated carbocycles. The molecule has 0 bridgehead atoms. The van der Waals surface area contributed by atoms with Gasteiger partial charge in [-0.2, -0.15) is 0 Å². The number of carbonyl (C=O) groups excluding carboxylic acids is 1. The zero-order valence-electron chi connectivity index (χ0n) is 16.0. The van der Waals surface area contributed by atoms with Crippen LogP contribution in [0, 0.1) is 11.7 Å². The van der Waals surface area contributed by atoms with E-state index < -0.39 is 5.97 Å². The second-order valence-corrected chi connectivity index (χ2v) is 7.57. The quantitative estimate of drug-likeness (QED) is 0.574. The molecule has 28 heavy (non-hydrogen) atoms. The molecule has 1 heterocycles. The lowest BCUT2D eigenvalue weighted by atomic mass is 9.61. The third-order valence-electron chi connectivity index (χ3n) is 5.66. The van der Waals surface area contributed by atoms with Gasteiger partial charge in [0.25, 0.3) is 0 Å². The van der Waals surface area contributed by atoms with Crippen LogP contribution in [0.3, 0.4) is 0 Å². The highest BCUT2D eigenvalue weighted by Gasteiger charge is 2.45. The first-order valence-corrected chi connectivity index (χ1v) is 10.0. The number of carbonyl (C=O) groups is 1. The Morgan fingerprint density at radius 2 is 2.11 bits per heavy atom. The van der Waals surface area contributed by atoms with Crippen molar-refractivity contribution >= 4 is 23.2 Å². The van der Waals surface area contributed by atoms with Crippen LogP contribution in [0.25, 0.3) is 0 Å². The van der Waals surface area contributed by atoms with Crippen molar-refractivity contribution in [2.24, 2.45) is 5.92 Å². The maximum absolute atomic E-state index is 13.0. The molecule has 1 fully saturated rings. The summed E-state index contributed by atoms with van der Waals surface area (Å²) in [5.41, 5.74) is 1.18. The molecule has 0 aliphatic heterocycles. The monoisotopic (exact) mass is 400 g/mol. The van der Waals surface area contributed by atoms with E-state index in [-0.39, 0.29) is 17.2 Å². The highest BCUT2D eigenvalue weighted by Crippen LogP contribution is 2.46. The van der Waals surface area contributed by atoms with Crippen molar-refractivity contribution in [3.63, 3.8) is 0 Å². The van der Waals surface area contributed by atoms with E-state index >= 15 is 0 Å². The second-order valence-electron chi connectivity index (χ2n) is 7.17. The Hall–Kier alpha value is -2.34. The van der Waals surface area contributed by atoms with Crippen molar-refractivity contribution in [2.75, 3.05) is 13.7 Å². The maximum atomic E-state index is 13.0. The average molecular weight is 401 g/mol. The van der Waals surface area contributed by atoms with Crippen LogP contribution in [0.2, 0.25) is 0 Å². The molecule has 3 rings (SSSR count). The van der Waals surface area contributed by atoms with Crippen LogP contribution in [0.5, 0.6) is 0 Å². The fourth-order valence-corrected chi connectivity index (χ4v) is 4.65. The highest BCUT2D eigenvalue weighted by molar-refractivity contribution is 7.80. The number of esters is 1. The molecule has 0 spiro atoms. The van der Waals surface area contributed by atoms with Crippen LogP contribution in [0.1, 0.15) is 48.0 Å². The number of halogens is 1. The highest BCUT2D eigenvalue weighted by atomic mass is 32.1. The number of rotatable bonds is 6. The number of hydrogen-bond donors (Lipinski definition) is 1. The van der Waals surface area contributed by atoms with Crippen molar-refractivity contribution < 1.29 is 13.9 Å². The predicted octanol–water partition coefficient (Wildman–Crippen LogP) is 4.44. The molecule has 1 aliphatic carbocycles. The number of aromatic nitrogens is 1. The summed E-state index contributed by atoms with van der Waals surface area (Å²) in [5.74, 6) is -0.550. The van der Waals surface area contributed by atoms with Crippen molar-refractivity contribution in [1.82, 2.24) is 10.3 Å². The normalized spacial score (nSPS) is 21.7. The molecule has 2 aromatic rings. The van der Waals surface area contributed by atoms with E-state index in [1.54, 1.807) is 6.20 Å². The number of pyridine rings is 1. The first kappa shape index (κ1) is 20.4. The lowest BCUT2D eigenvalue weighted by molar-refractivity contribution is 0.0458. The Morgan fingerprint density at radius 1 is 1.32 bits per heavy atom. The van der Waals surface area contributed by atoms with E-state index in [0.29, 0.717) is 18.6 Å². The van der Waals surface area contributed by atoms with Gasteiger partial charge in [0.15, 0.2) is 0 Å². The van der Waals surface area contributed by atoms with Gasteiger partial charge in [0.2, 0.25) is 0 Å². The van der Waals surface area contributed by atoms with Gasteiger partial charge >= 0.3 is 5.97 Å². The fourth-order valence-electron chi connectivity index (χ4n) is 4.26. The molecule has 0 unspecified atom stereocenters. The Balaban J connectivity index is 1.73. The van der Waals surface area contributed by atoms with Gasteiger partial charge < -0.3 is 10.1 Å². The molecule has 1 aromatic carbocycles. The maximum Gasteiger partial charge on any atom is 0.338 e. The van der Waals surface area contributed by atoms with Gasteiger partial charge in [-0.05, 0) is 61.1 Å². The first-order valence-electron chi connectivity index (χ1n) is 9.63. The zero-order chi connectivity index (χ0) is 20.0. The summed E-state index contributed by atoms with van der Waals surface area (Å²) in [4.78, 5) is 17.3. The SMILES string of the molecule is CNC(=S)[C@@]1(c2cccnc2)CCCC[C@@H]1CCOC(=O)c1ccc(F)cc1. The molecule has 2 atom stereocenters. The molecule has 4 nitrogen and oxygen atoms in total. The van der Waals surface area contributed by atoms with Gasteiger partial charge in [-0.25, -0.2) is 9.18 Å². The van der Waals surface area contributed by atoms with Gasteiger partial charge in [0.1, 0.15) is 5.82 Å². The number of likely N-dealkylation sites (N-methyl/N-ethyl adjacent to an activating group) is 1. The minimum Gasteiger partial charge on any atom is -0.462 e. The number of nitrogens with one attached hydrogen (secondary N) is 1. The van der Waals surface area contributed by atoms with E-state index in [2.05, 4.69) is 16.4 Å². The number of benzene rings is 1. The lowest BCUT2D eigenvalue weighted by Gasteiger charge is -2.45. The van der Waals surface area contributed by atoms with E-state index in [1.807, 2.05) is 19.3 Å². The van der Waals surface area contributed by atoms with Crippen LogP contribution in [-0.2, 0) is 10.2 Å². The summed E-state index contributed by atoms with van der Waals surface area (Å²) >= 11 is 5.76. The number of ether oxygens (including phenoxy) is 1. The molecular weight excluding hydrogens is 375 g/mol. The summed E-state index contributed by atoms with van der Waals surface area (Å²) in [6, 6.07) is 9.42. The van der Waals surface area contributed by atoms with Crippen LogP contribution in [0.4, 0.5) is 4.39 Å². The van der Waals surface area contributed by atoms with Gasteiger partial charge in [0.05, 0.1) is 17.2 Å². The summed E-state index contributed by atoms with van der Waals surface area (Å²) in [6.07, 6.45) is 8.57. The minimum atomic E-state index is -0.431. The largest absolute Gasteiger partial charge is 0.462 e. The molecule has 148 valence electrons. The summed E-state index contributed by atoms with van der Waals surface area (Å²) in [7, 11) is 1.86. The van der Waals surface area contributed by atoms with Crippen LogP contribution >= 0.6 is 12.2 Å². The molecule has 6 heteroatoms. The molecule has 1 aromatic heterocycles. The van der Waals surface area contributed by atoms with Crippen LogP contribution < -0.4 is 5.32 Å². The van der Waals surface area contributed by atoms with Crippen molar-refractivity contribution in [2.45, 2.75) is 37.5 Å². The number of hydrogen-bond acceptors (Lipinski definition) is 4. The van der Waals surface area contributed by atoms with Crippen molar-refractivity contribution in [3.05, 3.63) is 65.7 Å². The predicted molar refractivity (Wildman–Crippen MR) is 111 cm³/mol. The Labute approximate surface area is 170 Å². The van der Waals surface area contributed by atoms with E-state index in [9.17, 15) is 9.18 Å². The third-order valence-corrected chi connectivity index (χ3v) is 6.23. The average Bonchev–Trinajstić information content (AvgIpc) is 2.74. The van der Waals surface area contributed by atoms with Crippen LogP contribution in [0.15, 0.2) is 48.8 Å². The molecule has 0 radical (unpaired) electrons. The molecule has 1 N–H and O–H groups in total. The Bertz CT molecular complexity index is 813. The fraction of sp³-hybridized carbons (Fsp3) is 0.409. The Kier molecular flexibility index (Phi) is 6.73. The van der Waals surface area contributed by atoms with Crippen LogP contribution in [-0.4, -0.2) is 29.6 Å². The van der Waals surface area contributed by atoms with Gasteiger partial charge in [0, 0.05) is 24.9 Å². The van der Waals surface area contributed by atoms with E-state index in [4.69, 9.17) is 17.0 Å². The zero-order valence-corrected chi connectivity index (χ0v) is 16.8. The van der Waals surface area contributed by atoms with E-state index in [0.717, 1.165) is 36.2 Å². The molecular formula is C22H25FN2O2S. The van der Waals surface area contributed by atoms with Gasteiger partial charge in [-0.1, -0.05) is 31.1 Å². The number of thiocarbonyl (C=S) groups is 1. The molecule has 0 saturated heterocycles. The van der Waals surface area contributed by atoms with Gasteiger partial charge in [-0.15, -0.1) is 0 Å². The Morgan fingerprint density at radius 3 is 2.79 bits per heavy atom. The topological polar surface area (TPSA) is 51.2 Å². The number of nitrogens with zero attached hydrogens (tertiary/aromatic N) is 1. The standard InChI is InChI=1S/C22H25FN2O2S/c1-24-21(28)22(18-6-4-13-25-15-18)12-3-2-5-17(22)11-14-27-20(26)16-7-9-19(23)10-8-16/h4,6-10,13,15,17H,2-3,5,11-12,14H2,1H3,(H,24,28)/t17-,22+/m1/s1. The summed E-state index contributed by atoms with van der Waals surface area (Å²) in [5, 5.41) is 3.19. The van der Waals surface area contributed by atoms with Crippen molar-refractivity contribution in [1.29, 1.82) is 0 Å². The summed E-state index contributed by atoms with van der Waals surface area (Å²) < 4.78 is 18.5.